The van der Waals surface area contributed by atoms with Crippen LogP contribution in [0.4, 0.5) is 5.82 Å². The van der Waals surface area contributed by atoms with E-state index in [9.17, 15) is 4.79 Å². The third-order valence-corrected chi connectivity index (χ3v) is 4.61. The molecular weight excluding hydrogens is 312 g/mol. The number of carbonyl (C=O) groups is 1. The SMILES string of the molecule is CC1CCCN(C(=O)c2cnc(NCCCc3ccccc3)cn2)C1. The Labute approximate surface area is 149 Å². The first-order valence-corrected chi connectivity index (χ1v) is 9.11. The summed E-state index contributed by atoms with van der Waals surface area (Å²) >= 11 is 0. The van der Waals surface area contributed by atoms with Crippen LogP contribution < -0.4 is 5.32 Å². The average molecular weight is 338 g/mol. The van der Waals surface area contributed by atoms with Crippen LogP contribution in [-0.2, 0) is 6.42 Å². The van der Waals surface area contributed by atoms with Crippen LogP contribution >= 0.6 is 0 Å². The third kappa shape index (κ3) is 5.02. The van der Waals surface area contributed by atoms with E-state index >= 15 is 0 Å². The highest BCUT2D eigenvalue weighted by Gasteiger charge is 2.22. The smallest absolute Gasteiger partial charge is 0.274 e. The van der Waals surface area contributed by atoms with Crippen molar-refractivity contribution in [2.45, 2.75) is 32.6 Å². The Hall–Kier alpha value is -2.43. The van der Waals surface area contributed by atoms with E-state index in [0.717, 1.165) is 44.7 Å². The first-order chi connectivity index (χ1) is 12.2. The number of nitrogens with one attached hydrogen (secondary N) is 1. The summed E-state index contributed by atoms with van der Waals surface area (Å²) in [5.74, 6) is 1.28. The molecule has 2 aromatic rings. The lowest BCUT2D eigenvalue weighted by atomic mass is 10.0. The summed E-state index contributed by atoms with van der Waals surface area (Å²) in [6, 6.07) is 10.4. The van der Waals surface area contributed by atoms with Crippen LogP contribution in [-0.4, -0.2) is 40.4 Å². The summed E-state index contributed by atoms with van der Waals surface area (Å²) in [7, 11) is 0. The summed E-state index contributed by atoms with van der Waals surface area (Å²) < 4.78 is 0. The van der Waals surface area contributed by atoms with E-state index < -0.39 is 0 Å². The van der Waals surface area contributed by atoms with E-state index in [1.165, 1.54) is 12.0 Å². The Morgan fingerprint density at radius 1 is 1.24 bits per heavy atom. The zero-order chi connectivity index (χ0) is 17.5. The van der Waals surface area contributed by atoms with Crippen molar-refractivity contribution >= 4 is 11.7 Å². The number of piperidine rings is 1. The largest absolute Gasteiger partial charge is 0.369 e. The molecule has 132 valence electrons. The lowest BCUT2D eigenvalue weighted by Gasteiger charge is -2.30. The van der Waals surface area contributed by atoms with Crippen LogP contribution in [0.15, 0.2) is 42.7 Å². The summed E-state index contributed by atoms with van der Waals surface area (Å²) in [5.41, 5.74) is 1.77. The molecule has 1 atom stereocenters. The number of anilines is 1. The van der Waals surface area contributed by atoms with Crippen LogP contribution in [0.25, 0.3) is 0 Å². The van der Waals surface area contributed by atoms with Crippen LogP contribution in [0.5, 0.6) is 0 Å². The first kappa shape index (κ1) is 17.4. The Morgan fingerprint density at radius 2 is 2.08 bits per heavy atom. The quantitative estimate of drug-likeness (QED) is 0.820. The van der Waals surface area contributed by atoms with Crippen molar-refractivity contribution in [3.8, 4) is 0 Å². The maximum Gasteiger partial charge on any atom is 0.274 e. The number of carbonyl (C=O) groups excluding carboxylic acids is 1. The molecule has 1 aromatic heterocycles. The second kappa shape index (κ2) is 8.60. The molecule has 1 amide bonds. The molecule has 1 saturated heterocycles. The molecule has 3 rings (SSSR count). The van der Waals surface area contributed by atoms with Crippen molar-refractivity contribution in [2.75, 3.05) is 25.0 Å². The van der Waals surface area contributed by atoms with E-state index in [1.54, 1.807) is 12.4 Å². The van der Waals surface area contributed by atoms with Gasteiger partial charge < -0.3 is 10.2 Å². The maximum atomic E-state index is 12.5. The van der Waals surface area contributed by atoms with E-state index in [-0.39, 0.29) is 5.91 Å². The molecule has 0 aliphatic carbocycles. The van der Waals surface area contributed by atoms with Gasteiger partial charge in [0.1, 0.15) is 11.5 Å². The highest BCUT2D eigenvalue weighted by molar-refractivity contribution is 5.92. The molecule has 1 N–H and O–H groups in total. The van der Waals surface area contributed by atoms with E-state index in [0.29, 0.717) is 11.6 Å². The van der Waals surface area contributed by atoms with Gasteiger partial charge in [0.2, 0.25) is 0 Å². The number of nitrogens with zero attached hydrogens (tertiary/aromatic N) is 3. The Kier molecular flexibility index (Phi) is 5.99. The predicted molar refractivity (Wildman–Crippen MR) is 99.6 cm³/mol. The van der Waals surface area contributed by atoms with E-state index in [2.05, 4.69) is 46.5 Å². The normalized spacial score (nSPS) is 17.3. The van der Waals surface area contributed by atoms with Gasteiger partial charge in [0.25, 0.3) is 5.91 Å². The Balaban J connectivity index is 1.46. The first-order valence-electron chi connectivity index (χ1n) is 9.11. The summed E-state index contributed by atoms with van der Waals surface area (Å²) in [6.07, 6.45) is 7.57. The molecule has 5 nitrogen and oxygen atoms in total. The van der Waals surface area contributed by atoms with Crippen molar-refractivity contribution < 1.29 is 4.79 Å². The number of benzene rings is 1. The van der Waals surface area contributed by atoms with Gasteiger partial charge in [0.05, 0.1) is 12.4 Å². The molecule has 25 heavy (non-hydrogen) atoms. The molecule has 0 radical (unpaired) electrons. The van der Waals surface area contributed by atoms with Gasteiger partial charge in [-0.25, -0.2) is 9.97 Å². The molecule has 1 fully saturated rings. The number of aryl methyl sites for hydroxylation is 1. The monoisotopic (exact) mass is 338 g/mol. The fraction of sp³-hybridized carbons (Fsp3) is 0.450. The molecular formula is C20H26N4O. The van der Waals surface area contributed by atoms with Crippen LogP contribution in [0, 0.1) is 5.92 Å². The van der Waals surface area contributed by atoms with Gasteiger partial charge in [0.15, 0.2) is 0 Å². The van der Waals surface area contributed by atoms with E-state index in [1.807, 2.05) is 11.0 Å². The average Bonchev–Trinajstić information content (AvgIpc) is 2.66. The number of rotatable bonds is 6. The Bertz CT molecular complexity index is 672. The van der Waals surface area contributed by atoms with Crippen molar-refractivity contribution in [1.82, 2.24) is 14.9 Å². The minimum absolute atomic E-state index is 0.00493. The summed E-state index contributed by atoms with van der Waals surface area (Å²) in [6.45, 7) is 4.67. The van der Waals surface area contributed by atoms with Gasteiger partial charge in [-0.3, -0.25) is 4.79 Å². The number of amides is 1. The van der Waals surface area contributed by atoms with Gasteiger partial charge in [-0.15, -0.1) is 0 Å². The van der Waals surface area contributed by atoms with Gasteiger partial charge in [0, 0.05) is 19.6 Å². The van der Waals surface area contributed by atoms with Crippen molar-refractivity contribution in [1.29, 1.82) is 0 Å². The second-order valence-electron chi connectivity index (χ2n) is 6.80. The highest BCUT2D eigenvalue weighted by Crippen LogP contribution is 2.17. The maximum absolute atomic E-state index is 12.5. The molecule has 1 aromatic carbocycles. The third-order valence-electron chi connectivity index (χ3n) is 4.61. The lowest BCUT2D eigenvalue weighted by Crippen LogP contribution is -2.39. The van der Waals surface area contributed by atoms with Gasteiger partial charge >= 0.3 is 0 Å². The number of likely N-dealkylation sites (tertiary alicyclic amines) is 1. The van der Waals surface area contributed by atoms with Crippen molar-refractivity contribution in [3.63, 3.8) is 0 Å². The standard InChI is InChI=1S/C20H26N4O/c1-16-7-6-12-24(15-16)20(25)18-13-23-19(14-22-18)21-11-5-10-17-8-3-2-4-9-17/h2-4,8-9,13-14,16H,5-7,10-12,15H2,1H3,(H,21,23). The van der Waals surface area contributed by atoms with Crippen LogP contribution in [0.1, 0.15) is 42.2 Å². The molecule has 0 spiro atoms. The number of hydrogen-bond acceptors (Lipinski definition) is 4. The number of hydrogen-bond donors (Lipinski definition) is 1. The molecule has 0 saturated carbocycles. The summed E-state index contributed by atoms with van der Waals surface area (Å²) in [5, 5.41) is 3.27. The molecule has 1 unspecified atom stereocenters. The molecule has 1 aliphatic heterocycles. The second-order valence-corrected chi connectivity index (χ2v) is 6.80. The zero-order valence-corrected chi connectivity index (χ0v) is 14.8. The number of aromatic nitrogens is 2. The lowest BCUT2D eigenvalue weighted by molar-refractivity contribution is 0.0676. The topological polar surface area (TPSA) is 58.1 Å². The fourth-order valence-corrected chi connectivity index (χ4v) is 3.22. The van der Waals surface area contributed by atoms with Crippen molar-refractivity contribution in [3.05, 3.63) is 54.0 Å². The van der Waals surface area contributed by atoms with Gasteiger partial charge in [-0.05, 0) is 37.2 Å². The van der Waals surface area contributed by atoms with Crippen LogP contribution in [0.3, 0.4) is 0 Å². The minimum Gasteiger partial charge on any atom is -0.369 e. The Morgan fingerprint density at radius 3 is 2.80 bits per heavy atom. The highest BCUT2D eigenvalue weighted by atomic mass is 16.2. The van der Waals surface area contributed by atoms with Crippen molar-refractivity contribution in [2.24, 2.45) is 5.92 Å². The molecule has 0 bridgehead atoms. The minimum atomic E-state index is -0.00493. The summed E-state index contributed by atoms with van der Waals surface area (Å²) in [4.78, 5) is 23.0. The van der Waals surface area contributed by atoms with E-state index in [4.69, 9.17) is 0 Å². The van der Waals surface area contributed by atoms with Crippen LogP contribution in [0.2, 0.25) is 0 Å². The van der Waals surface area contributed by atoms with Gasteiger partial charge in [-0.2, -0.15) is 0 Å². The van der Waals surface area contributed by atoms with Gasteiger partial charge in [-0.1, -0.05) is 37.3 Å². The molecule has 1 aliphatic rings. The molecule has 5 heteroatoms. The predicted octanol–water partition coefficient (Wildman–Crippen LogP) is 3.39. The molecule has 2 heterocycles. The zero-order valence-electron chi connectivity index (χ0n) is 14.8. The fourth-order valence-electron chi connectivity index (χ4n) is 3.22.